The average Bonchev–Trinajstić information content (AvgIpc) is 3.48. The molecule has 0 aliphatic heterocycles. The highest BCUT2D eigenvalue weighted by atomic mass is 15.0. The van der Waals surface area contributed by atoms with Gasteiger partial charge in [0.2, 0.25) is 0 Å². The Morgan fingerprint density at radius 2 is 0.953 bits per heavy atom. The molecule has 0 saturated carbocycles. The van der Waals surface area contributed by atoms with Crippen molar-refractivity contribution in [1.29, 1.82) is 0 Å². The van der Waals surface area contributed by atoms with Gasteiger partial charge in [-0.3, -0.25) is 9.97 Å². The van der Waals surface area contributed by atoms with Gasteiger partial charge in [0.15, 0.2) is 17.5 Å². The maximum atomic E-state index is 5.03. The molecule has 0 fully saturated rings. The smallest absolute Gasteiger partial charge is 0.164 e. The number of hydrogen-bond donors (Lipinski definition) is 0. The van der Waals surface area contributed by atoms with Crippen LogP contribution in [0.2, 0.25) is 0 Å². The topological polar surface area (TPSA) is 64.5 Å². The summed E-state index contributed by atoms with van der Waals surface area (Å²) in [6.07, 6.45) is 4.53. The molecule has 0 saturated heterocycles. The average molecular weight is 552 g/mol. The SMILES string of the molecule is c1ccc(-c2cccc(-c3nc(-c4ccccc4)nc(-c4cccc(-c5ccnc6c5Cc5cccnc5-6)c4)n3)c2)cc1. The molecule has 7 aromatic rings. The molecule has 0 unspecified atom stereocenters. The molecule has 1 aliphatic rings. The van der Waals surface area contributed by atoms with Crippen LogP contribution in [0, 0.1) is 0 Å². The maximum absolute atomic E-state index is 5.03. The van der Waals surface area contributed by atoms with Gasteiger partial charge in [0.25, 0.3) is 0 Å². The molecule has 0 amide bonds. The molecule has 43 heavy (non-hydrogen) atoms. The summed E-state index contributed by atoms with van der Waals surface area (Å²) in [6.45, 7) is 0. The van der Waals surface area contributed by atoms with Gasteiger partial charge in [-0.2, -0.15) is 0 Å². The second-order valence-electron chi connectivity index (χ2n) is 10.6. The van der Waals surface area contributed by atoms with E-state index in [0.717, 1.165) is 56.8 Å². The lowest BCUT2D eigenvalue weighted by molar-refractivity contribution is 1.07. The van der Waals surface area contributed by atoms with E-state index in [9.17, 15) is 0 Å². The van der Waals surface area contributed by atoms with Crippen LogP contribution in [0.4, 0.5) is 0 Å². The number of aromatic nitrogens is 5. The fraction of sp³-hybridized carbons (Fsp3) is 0.0263. The third-order valence-electron chi connectivity index (χ3n) is 7.87. The molecule has 3 heterocycles. The number of rotatable bonds is 5. The maximum Gasteiger partial charge on any atom is 0.164 e. The van der Waals surface area contributed by atoms with E-state index in [1.54, 1.807) is 0 Å². The summed E-state index contributed by atoms with van der Waals surface area (Å²) in [5.74, 6) is 1.91. The summed E-state index contributed by atoms with van der Waals surface area (Å²) in [7, 11) is 0. The van der Waals surface area contributed by atoms with Crippen LogP contribution < -0.4 is 0 Å². The van der Waals surface area contributed by atoms with Crippen LogP contribution in [0.3, 0.4) is 0 Å². The highest BCUT2D eigenvalue weighted by molar-refractivity contribution is 5.82. The normalized spacial score (nSPS) is 11.6. The van der Waals surface area contributed by atoms with Crippen LogP contribution >= 0.6 is 0 Å². The number of nitrogens with zero attached hydrogens (tertiary/aromatic N) is 5. The Morgan fingerprint density at radius 1 is 0.395 bits per heavy atom. The zero-order valence-electron chi connectivity index (χ0n) is 23.2. The fourth-order valence-corrected chi connectivity index (χ4v) is 5.78. The van der Waals surface area contributed by atoms with Gasteiger partial charge >= 0.3 is 0 Å². The molecule has 3 aromatic heterocycles. The van der Waals surface area contributed by atoms with Crippen molar-refractivity contribution in [3.05, 3.63) is 151 Å². The molecule has 5 nitrogen and oxygen atoms in total. The monoisotopic (exact) mass is 551 g/mol. The van der Waals surface area contributed by atoms with Gasteiger partial charge in [-0.05, 0) is 57.6 Å². The highest BCUT2D eigenvalue weighted by Crippen LogP contribution is 2.39. The van der Waals surface area contributed by atoms with Gasteiger partial charge in [-0.25, -0.2) is 15.0 Å². The third-order valence-corrected chi connectivity index (χ3v) is 7.87. The first-order chi connectivity index (χ1) is 21.3. The van der Waals surface area contributed by atoms with Crippen LogP contribution in [0.5, 0.6) is 0 Å². The summed E-state index contributed by atoms with van der Waals surface area (Å²) in [5, 5.41) is 0. The van der Waals surface area contributed by atoms with Gasteiger partial charge < -0.3 is 0 Å². The molecule has 0 bridgehead atoms. The zero-order valence-corrected chi connectivity index (χ0v) is 23.2. The Labute approximate surface area is 249 Å². The Balaban J connectivity index is 1.25. The van der Waals surface area contributed by atoms with Crippen LogP contribution in [-0.2, 0) is 6.42 Å². The number of hydrogen-bond acceptors (Lipinski definition) is 5. The van der Waals surface area contributed by atoms with Crippen molar-refractivity contribution in [2.45, 2.75) is 6.42 Å². The van der Waals surface area contributed by atoms with Crippen molar-refractivity contribution < 1.29 is 0 Å². The molecular weight excluding hydrogens is 526 g/mol. The Kier molecular flexibility index (Phi) is 6.12. The standard InChI is InChI=1S/C38H25N5/c1-3-10-25(11-4-1)27-14-7-16-30(22-27)37-41-36(26-12-5-2-6-13-26)42-38(43-37)31-17-8-15-28(23-31)32-19-21-40-35-33(32)24-29-18-9-20-39-34(29)35/h1-23H,24H2. The predicted molar refractivity (Wildman–Crippen MR) is 171 cm³/mol. The van der Waals surface area contributed by atoms with Gasteiger partial charge in [-0.1, -0.05) is 103 Å². The minimum absolute atomic E-state index is 0.631. The molecule has 0 spiro atoms. The molecule has 0 radical (unpaired) electrons. The Morgan fingerprint density at radius 3 is 1.67 bits per heavy atom. The van der Waals surface area contributed by atoms with Gasteiger partial charge in [0.1, 0.15) is 0 Å². The Hall–Kier alpha value is -5.81. The van der Waals surface area contributed by atoms with Crippen LogP contribution in [0.15, 0.2) is 140 Å². The van der Waals surface area contributed by atoms with Crippen LogP contribution in [-0.4, -0.2) is 24.9 Å². The minimum atomic E-state index is 0.631. The first-order valence-corrected chi connectivity index (χ1v) is 14.3. The molecule has 8 rings (SSSR count). The lowest BCUT2D eigenvalue weighted by Crippen LogP contribution is -2.00. The third kappa shape index (κ3) is 4.67. The summed E-state index contributed by atoms with van der Waals surface area (Å²) >= 11 is 0. The minimum Gasteiger partial charge on any atom is -0.254 e. The van der Waals surface area contributed by atoms with Crippen molar-refractivity contribution in [1.82, 2.24) is 24.9 Å². The number of pyridine rings is 2. The largest absolute Gasteiger partial charge is 0.254 e. The van der Waals surface area contributed by atoms with Crippen molar-refractivity contribution >= 4 is 0 Å². The first-order valence-electron chi connectivity index (χ1n) is 14.3. The summed E-state index contributed by atoms with van der Waals surface area (Å²) in [5.41, 5.74) is 11.7. The lowest BCUT2D eigenvalue weighted by atomic mass is 9.97. The quantitative estimate of drug-likeness (QED) is 0.214. The van der Waals surface area contributed by atoms with Gasteiger partial charge in [0.05, 0.1) is 11.4 Å². The molecule has 202 valence electrons. The van der Waals surface area contributed by atoms with Crippen molar-refractivity contribution in [3.8, 4) is 67.8 Å². The molecule has 0 N–H and O–H groups in total. The molecule has 1 aliphatic carbocycles. The molecule has 5 heteroatoms. The number of benzene rings is 4. The van der Waals surface area contributed by atoms with Crippen molar-refractivity contribution in [2.75, 3.05) is 0 Å². The molecule has 0 atom stereocenters. The Bertz CT molecular complexity index is 2110. The fourth-order valence-electron chi connectivity index (χ4n) is 5.78. The van der Waals surface area contributed by atoms with Crippen molar-refractivity contribution in [2.24, 2.45) is 0 Å². The van der Waals surface area contributed by atoms with E-state index in [4.69, 9.17) is 19.9 Å². The van der Waals surface area contributed by atoms with Crippen molar-refractivity contribution in [3.63, 3.8) is 0 Å². The van der Waals surface area contributed by atoms with Crippen LogP contribution in [0.25, 0.3) is 67.8 Å². The zero-order chi connectivity index (χ0) is 28.6. The van der Waals surface area contributed by atoms with E-state index in [2.05, 4.69) is 89.9 Å². The van der Waals surface area contributed by atoms with Gasteiger partial charge in [-0.15, -0.1) is 0 Å². The second kappa shape index (κ2) is 10.5. The summed E-state index contributed by atoms with van der Waals surface area (Å²) in [4.78, 5) is 24.3. The summed E-state index contributed by atoms with van der Waals surface area (Å²) < 4.78 is 0. The van der Waals surface area contributed by atoms with Crippen LogP contribution in [0.1, 0.15) is 11.1 Å². The van der Waals surface area contributed by atoms with E-state index in [1.165, 1.54) is 11.1 Å². The highest BCUT2D eigenvalue weighted by Gasteiger charge is 2.24. The molecular formula is C38H25N5. The van der Waals surface area contributed by atoms with E-state index < -0.39 is 0 Å². The van der Waals surface area contributed by atoms with E-state index in [0.29, 0.717) is 17.5 Å². The van der Waals surface area contributed by atoms with E-state index in [1.807, 2.05) is 54.9 Å². The molecule has 4 aromatic carbocycles. The van der Waals surface area contributed by atoms with Gasteiger partial charge in [0, 0.05) is 35.5 Å². The first kappa shape index (κ1) is 24.9. The number of fused-ring (bicyclic) bond motifs is 3. The predicted octanol–water partition coefficient (Wildman–Crippen LogP) is 8.57. The second-order valence-corrected chi connectivity index (χ2v) is 10.6. The summed E-state index contributed by atoms with van der Waals surface area (Å²) in [6, 6.07) is 43.5. The van der Waals surface area contributed by atoms with E-state index >= 15 is 0 Å². The lowest BCUT2D eigenvalue weighted by Gasteiger charge is -2.12. The van der Waals surface area contributed by atoms with E-state index in [-0.39, 0.29) is 0 Å².